The van der Waals surface area contributed by atoms with Crippen molar-refractivity contribution in [1.82, 2.24) is 20.4 Å². The number of benzene rings is 2. The molecule has 0 aliphatic heterocycles. The monoisotopic (exact) mass is 510 g/mol. The number of aromatic nitrogens is 2. The second-order valence-electron chi connectivity index (χ2n) is 7.89. The number of halogens is 1. The summed E-state index contributed by atoms with van der Waals surface area (Å²) >= 11 is 0. The van der Waals surface area contributed by atoms with E-state index in [0.29, 0.717) is 5.56 Å². The number of carboxylic acid groups (broad SMARTS) is 1. The molecule has 1 aliphatic rings. The van der Waals surface area contributed by atoms with E-state index in [1.165, 1.54) is 37.0 Å². The normalized spacial score (nSPS) is 11.4. The largest absolute Gasteiger partial charge is 0.480 e. The molecule has 0 unspecified atom stereocenters. The number of carbonyl (C=O) groups excluding carboxylic acids is 1. The lowest BCUT2D eigenvalue weighted by Gasteiger charge is -2.04. The van der Waals surface area contributed by atoms with E-state index in [1.54, 1.807) is 47.4 Å². The van der Waals surface area contributed by atoms with Crippen molar-refractivity contribution in [3.63, 3.8) is 0 Å². The number of nitrogens with zero attached hydrogens (tertiary/aromatic N) is 2. The summed E-state index contributed by atoms with van der Waals surface area (Å²) in [5.41, 5.74) is 2.53. The molecular formula is C29H39FN4O3. The van der Waals surface area contributed by atoms with Crippen LogP contribution >= 0.6 is 0 Å². The van der Waals surface area contributed by atoms with Crippen molar-refractivity contribution in [2.24, 2.45) is 0 Å². The van der Waals surface area contributed by atoms with Gasteiger partial charge in [0.05, 0.1) is 5.69 Å². The molecular weight excluding hydrogens is 471 g/mol. The lowest BCUT2D eigenvalue weighted by molar-refractivity contribution is -0.135. The van der Waals surface area contributed by atoms with E-state index in [2.05, 4.69) is 29.2 Å². The predicted molar refractivity (Wildman–Crippen MR) is 147 cm³/mol. The van der Waals surface area contributed by atoms with Gasteiger partial charge in [-0.1, -0.05) is 39.0 Å². The van der Waals surface area contributed by atoms with Gasteiger partial charge in [-0.05, 0) is 79.8 Å². The summed E-state index contributed by atoms with van der Waals surface area (Å²) in [6.07, 6.45) is 9.09. The number of hydrogen-bond donors (Lipinski definition) is 3. The Kier molecular flexibility index (Phi) is 15.6. The van der Waals surface area contributed by atoms with E-state index in [9.17, 15) is 14.0 Å². The van der Waals surface area contributed by atoms with Crippen molar-refractivity contribution in [3.05, 3.63) is 96.6 Å². The van der Waals surface area contributed by atoms with E-state index in [1.807, 2.05) is 32.1 Å². The topological polar surface area (TPSA) is 96.3 Å². The Hall–Kier alpha value is -3.78. The van der Waals surface area contributed by atoms with Crippen LogP contribution in [0.15, 0.2) is 79.6 Å². The Morgan fingerprint density at radius 1 is 1.14 bits per heavy atom. The molecule has 0 radical (unpaired) electrons. The van der Waals surface area contributed by atoms with Crippen molar-refractivity contribution in [3.8, 4) is 5.69 Å². The molecule has 1 aromatic heterocycles. The molecule has 8 heteroatoms. The molecule has 200 valence electrons. The Balaban J connectivity index is 0.000000303. The number of rotatable bonds is 9. The molecule has 1 heterocycles. The molecule has 0 saturated heterocycles. The van der Waals surface area contributed by atoms with Gasteiger partial charge in [0.1, 0.15) is 12.4 Å². The first kappa shape index (κ1) is 31.3. The Morgan fingerprint density at radius 3 is 2.27 bits per heavy atom. The minimum absolute atomic E-state index is 0.135. The minimum Gasteiger partial charge on any atom is -0.480 e. The molecule has 1 saturated carbocycles. The maximum absolute atomic E-state index is 12.4. The fraction of sp³-hybridized carbons (Fsp3) is 0.345. The van der Waals surface area contributed by atoms with Gasteiger partial charge in [0.25, 0.3) is 5.91 Å². The smallest absolute Gasteiger partial charge is 0.322 e. The molecule has 3 aromatic rings. The van der Waals surface area contributed by atoms with Crippen LogP contribution in [0.4, 0.5) is 4.39 Å². The van der Waals surface area contributed by atoms with E-state index in [0.717, 1.165) is 24.7 Å². The van der Waals surface area contributed by atoms with Crippen LogP contribution in [-0.4, -0.2) is 46.4 Å². The van der Waals surface area contributed by atoms with Crippen molar-refractivity contribution in [1.29, 1.82) is 0 Å². The average molecular weight is 511 g/mol. The molecule has 3 N–H and O–H groups in total. The quantitative estimate of drug-likeness (QED) is 0.258. The number of aliphatic carboxylic acids is 1. The summed E-state index contributed by atoms with van der Waals surface area (Å²) in [4.78, 5) is 21.9. The molecule has 0 bridgehead atoms. The van der Waals surface area contributed by atoms with Crippen LogP contribution in [-0.2, 0) is 4.79 Å². The highest BCUT2D eigenvalue weighted by atomic mass is 19.1. The van der Waals surface area contributed by atoms with Crippen molar-refractivity contribution >= 4 is 11.9 Å². The summed E-state index contributed by atoms with van der Waals surface area (Å²) in [6.45, 7) is 11.4. The summed E-state index contributed by atoms with van der Waals surface area (Å²) in [6, 6.07) is 15.3. The minimum atomic E-state index is -1.07. The van der Waals surface area contributed by atoms with Gasteiger partial charge in [0.2, 0.25) is 0 Å². The Morgan fingerprint density at radius 2 is 1.78 bits per heavy atom. The van der Waals surface area contributed by atoms with Gasteiger partial charge >= 0.3 is 5.97 Å². The van der Waals surface area contributed by atoms with Gasteiger partial charge < -0.3 is 15.7 Å². The van der Waals surface area contributed by atoms with E-state index in [-0.39, 0.29) is 12.4 Å². The maximum Gasteiger partial charge on any atom is 0.322 e. The molecule has 1 amide bonds. The number of amides is 1. The molecule has 0 spiro atoms. The van der Waals surface area contributed by atoms with Crippen LogP contribution in [0, 0.1) is 5.82 Å². The van der Waals surface area contributed by atoms with Gasteiger partial charge in [-0.2, -0.15) is 5.10 Å². The first-order chi connectivity index (χ1) is 17.9. The molecule has 1 fully saturated rings. The van der Waals surface area contributed by atoms with E-state index in [4.69, 9.17) is 5.11 Å². The van der Waals surface area contributed by atoms with Gasteiger partial charge in [0, 0.05) is 24.5 Å². The summed E-state index contributed by atoms with van der Waals surface area (Å²) in [5.74, 6) is -0.883. The van der Waals surface area contributed by atoms with Crippen LogP contribution in [0.5, 0.6) is 0 Å². The van der Waals surface area contributed by atoms with Gasteiger partial charge in [-0.3, -0.25) is 9.59 Å². The number of hydrogen-bond acceptors (Lipinski definition) is 4. The zero-order valence-corrected chi connectivity index (χ0v) is 22.0. The second-order valence-corrected chi connectivity index (χ2v) is 7.89. The predicted octanol–water partition coefficient (Wildman–Crippen LogP) is 5.59. The van der Waals surface area contributed by atoms with Crippen LogP contribution in [0.25, 0.3) is 5.69 Å². The first-order valence-corrected chi connectivity index (χ1v) is 12.6. The molecule has 37 heavy (non-hydrogen) atoms. The maximum atomic E-state index is 12.4. The third-order valence-electron chi connectivity index (χ3n) is 4.93. The van der Waals surface area contributed by atoms with Crippen molar-refractivity contribution in [2.45, 2.75) is 46.0 Å². The standard InChI is InChI=1S/C12H11N3O3.C9H9F.C6H13N.C2H6/c16-11(17)8-13-12(18)9-2-4-10(5-3-9)15-7-1-6-14-15;10-9-5-3-8(4-6-9)7-1-2-7;1-3-5-7-6-4-2;1-2/h1-7H,8H2,(H,13,18)(H,16,17);3-7H,1-2H2;3,7H,1,4-6H2,2H3;1-2H3. The third-order valence-corrected chi connectivity index (χ3v) is 4.93. The fourth-order valence-corrected chi connectivity index (χ4v) is 2.98. The summed E-state index contributed by atoms with van der Waals surface area (Å²) in [7, 11) is 0. The van der Waals surface area contributed by atoms with Crippen LogP contribution in [0.3, 0.4) is 0 Å². The highest BCUT2D eigenvalue weighted by Gasteiger charge is 2.22. The van der Waals surface area contributed by atoms with Crippen molar-refractivity contribution in [2.75, 3.05) is 19.6 Å². The van der Waals surface area contributed by atoms with Crippen molar-refractivity contribution < 1.29 is 19.1 Å². The summed E-state index contributed by atoms with van der Waals surface area (Å²) < 4.78 is 14.0. The highest BCUT2D eigenvalue weighted by Crippen LogP contribution is 2.39. The molecule has 7 nitrogen and oxygen atoms in total. The van der Waals surface area contributed by atoms with Crippen LogP contribution in [0.2, 0.25) is 0 Å². The zero-order valence-electron chi connectivity index (χ0n) is 22.0. The van der Waals surface area contributed by atoms with Crippen LogP contribution < -0.4 is 10.6 Å². The molecule has 2 aromatic carbocycles. The van der Waals surface area contributed by atoms with Gasteiger partial charge in [0.15, 0.2) is 0 Å². The lowest BCUT2D eigenvalue weighted by atomic mass is 10.1. The molecule has 4 rings (SSSR count). The summed E-state index contributed by atoms with van der Waals surface area (Å²) in [5, 5.41) is 18.0. The van der Waals surface area contributed by atoms with E-state index < -0.39 is 11.9 Å². The fourth-order valence-electron chi connectivity index (χ4n) is 2.98. The number of carbonyl (C=O) groups is 2. The average Bonchev–Trinajstić information content (AvgIpc) is 3.63. The third kappa shape index (κ3) is 13.2. The lowest BCUT2D eigenvalue weighted by Crippen LogP contribution is -2.29. The zero-order chi connectivity index (χ0) is 27.5. The second kappa shape index (κ2) is 18.5. The molecule has 1 aliphatic carbocycles. The van der Waals surface area contributed by atoms with Gasteiger partial charge in [-0.25, -0.2) is 9.07 Å². The highest BCUT2D eigenvalue weighted by molar-refractivity contribution is 5.95. The van der Waals surface area contributed by atoms with Crippen LogP contribution in [0.1, 0.15) is 61.9 Å². The van der Waals surface area contributed by atoms with Gasteiger partial charge in [-0.15, -0.1) is 6.58 Å². The number of carboxylic acids is 1. The molecule has 0 atom stereocenters. The van der Waals surface area contributed by atoms with E-state index >= 15 is 0 Å². The Labute approximate surface area is 219 Å². The number of nitrogens with one attached hydrogen (secondary N) is 2. The SMILES string of the molecule is C=CCNCCC.CC.Fc1ccc(C2CC2)cc1.O=C(O)CNC(=O)c1ccc(-n2cccn2)cc1. The Bertz CT molecular complexity index is 1030. The first-order valence-electron chi connectivity index (χ1n) is 12.6.